The Morgan fingerprint density at radius 1 is 1.04 bits per heavy atom. The van der Waals surface area contributed by atoms with Gasteiger partial charge in [-0.1, -0.05) is 5.21 Å². The highest BCUT2D eigenvalue weighted by Gasteiger charge is 2.12. The first-order valence-electron chi connectivity index (χ1n) is 6.82. The Labute approximate surface area is 132 Å². The molecule has 0 bridgehead atoms. The van der Waals surface area contributed by atoms with E-state index in [9.17, 15) is 4.39 Å². The summed E-state index contributed by atoms with van der Waals surface area (Å²) < 4.78 is 25.6. The van der Waals surface area contributed by atoms with Crippen molar-refractivity contribution in [1.29, 1.82) is 0 Å². The van der Waals surface area contributed by atoms with Crippen molar-refractivity contribution in [3.05, 3.63) is 48.4 Å². The lowest BCUT2D eigenvalue weighted by Crippen LogP contribution is -2.00. The van der Waals surface area contributed by atoms with E-state index in [0.29, 0.717) is 28.4 Å². The van der Waals surface area contributed by atoms with E-state index < -0.39 is 5.82 Å². The number of aromatic nitrogens is 3. The lowest BCUT2D eigenvalue weighted by molar-refractivity contribution is 0.386. The van der Waals surface area contributed by atoms with E-state index in [1.807, 2.05) is 0 Å². The standard InChI is InChI=1S/C16H15FN4O2/c1-22-15-5-3-10(7-12(15)17)13-9-21(20-19-13)14-8-11(18)4-6-16(14)23-2/h3-9H,18H2,1-2H3. The van der Waals surface area contributed by atoms with Crippen LogP contribution in [0.4, 0.5) is 10.1 Å². The molecular formula is C16H15FN4O2. The van der Waals surface area contributed by atoms with Crippen LogP contribution in [0.5, 0.6) is 11.5 Å². The Kier molecular flexibility index (Phi) is 3.84. The molecule has 23 heavy (non-hydrogen) atoms. The van der Waals surface area contributed by atoms with Gasteiger partial charge in [0.1, 0.15) is 17.1 Å². The van der Waals surface area contributed by atoms with Crippen LogP contribution >= 0.6 is 0 Å². The van der Waals surface area contributed by atoms with E-state index in [-0.39, 0.29) is 5.75 Å². The number of hydrogen-bond donors (Lipinski definition) is 1. The molecule has 0 aliphatic heterocycles. The van der Waals surface area contributed by atoms with Crippen molar-refractivity contribution >= 4 is 5.69 Å². The van der Waals surface area contributed by atoms with Crippen molar-refractivity contribution in [2.45, 2.75) is 0 Å². The van der Waals surface area contributed by atoms with Gasteiger partial charge in [0, 0.05) is 11.3 Å². The van der Waals surface area contributed by atoms with Crippen molar-refractivity contribution < 1.29 is 13.9 Å². The minimum absolute atomic E-state index is 0.179. The minimum atomic E-state index is -0.457. The molecule has 0 amide bonds. The molecule has 118 valence electrons. The van der Waals surface area contributed by atoms with Crippen LogP contribution in [0, 0.1) is 5.82 Å². The molecule has 3 rings (SSSR count). The van der Waals surface area contributed by atoms with E-state index in [1.54, 1.807) is 43.6 Å². The lowest BCUT2D eigenvalue weighted by atomic mass is 10.1. The fraction of sp³-hybridized carbons (Fsp3) is 0.125. The maximum absolute atomic E-state index is 13.8. The van der Waals surface area contributed by atoms with Gasteiger partial charge in [0.15, 0.2) is 11.6 Å². The number of nitrogens with zero attached hydrogens (tertiary/aromatic N) is 3. The number of nitrogens with two attached hydrogens (primary N) is 1. The molecule has 0 aliphatic carbocycles. The molecule has 3 aromatic rings. The molecule has 0 spiro atoms. The van der Waals surface area contributed by atoms with Crippen LogP contribution in [0.2, 0.25) is 0 Å². The molecule has 1 heterocycles. The average molecular weight is 314 g/mol. The summed E-state index contributed by atoms with van der Waals surface area (Å²) in [6.45, 7) is 0. The summed E-state index contributed by atoms with van der Waals surface area (Å²) in [5, 5.41) is 8.14. The quantitative estimate of drug-likeness (QED) is 0.749. The molecule has 0 unspecified atom stereocenters. The number of ether oxygens (including phenoxy) is 2. The van der Waals surface area contributed by atoms with E-state index in [0.717, 1.165) is 0 Å². The smallest absolute Gasteiger partial charge is 0.165 e. The summed E-state index contributed by atoms with van der Waals surface area (Å²) in [5.74, 6) is 0.330. The van der Waals surface area contributed by atoms with Gasteiger partial charge in [-0.2, -0.15) is 0 Å². The number of halogens is 1. The first-order chi connectivity index (χ1) is 11.1. The molecule has 0 atom stereocenters. The van der Waals surface area contributed by atoms with Crippen molar-refractivity contribution in [2.75, 3.05) is 20.0 Å². The molecule has 2 aromatic carbocycles. The third kappa shape index (κ3) is 2.80. The summed E-state index contributed by atoms with van der Waals surface area (Å²) in [6, 6.07) is 9.82. The van der Waals surface area contributed by atoms with Gasteiger partial charge in [0.2, 0.25) is 0 Å². The second-order valence-corrected chi connectivity index (χ2v) is 4.83. The van der Waals surface area contributed by atoms with E-state index in [4.69, 9.17) is 15.2 Å². The van der Waals surface area contributed by atoms with Crippen LogP contribution in [-0.4, -0.2) is 29.2 Å². The van der Waals surface area contributed by atoms with Crippen LogP contribution in [0.25, 0.3) is 16.9 Å². The molecule has 0 saturated carbocycles. The Morgan fingerprint density at radius 3 is 2.48 bits per heavy atom. The summed E-state index contributed by atoms with van der Waals surface area (Å²) in [5.41, 5.74) is 8.16. The topological polar surface area (TPSA) is 75.2 Å². The first kappa shape index (κ1) is 14.8. The molecule has 0 aliphatic rings. The van der Waals surface area contributed by atoms with E-state index >= 15 is 0 Å². The van der Waals surface area contributed by atoms with E-state index in [1.165, 1.54) is 17.9 Å². The number of nitrogen functional groups attached to an aromatic ring is 1. The zero-order valence-electron chi connectivity index (χ0n) is 12.7. The molecule has 2 N–H and O–H groups in total. The zero-order valence-corrected chi connectivity index (χ0v) is 12.7. The summed E-state index contributed by atoms with van der Waals surface area (Å²) in [6.07, 6.45) is 1.68. The molecule has 0 saturated heterocycles. The monoisotopic (exact) mass is 314 g/mol. The minimum Gasteiger partial charge on any atom is -0.494 e. The van der Waals surface area contributed by atoms with Crippen LogP contribution < -0.4 is 15.2 Å². The first-order valence-corrected chi connectivity index (χ1v) is 6.82. The summed E-state index contributed by atoms with van der Waals surface area (Å²) in [7, 11) is 2.98. The fourth-order valence-corrected chi connectivity index (χ4v) is 2.23. The number of anilines is 1. The normalized spacial score (nSPS) is 10.6. The largest absolute Gasteiger partial charge is 0.494 e. The number of hydrogen-bond acceptors (Lipinski definition) is 5. The summed E-state index contributed by atoms with van der Waals surface area (Å²) >= 11 is 0. The van der Waals surface area contributed by atoms with Gasteiger partial charge in [-0.15, -0.1) is 5.10 Å². The van der Waals surface area contributed by atoms with Crippen molar-refractivity contribution in [3.63, 3.8) is 0 Å². The maximum atomic E-state index is 13.8. The molecule has 7 heteroatoms. The molecule has 6 nitrogen and oxygen atoms in total. The van der Waals surface area contributed by atoms with Crippen molar-refractivity contribution in [1.82, 2.24) is 15.0 Å². The predicted molar refractivity (Wildman–Crippen MR) is 84.3 cm³/mol. The van der Waals surface area contributed by atoms with Gasteiger partial charge in [0.25, 0.3) is 0 Å². The number of benzene rings is 2. The van der Waals surface area contributed by atoms with E-state index in [2.05, 4.69) is 10.3 Å². The van der Waals surface area contributed by atoms with Gasteiger partial charge in [-0.05, 0) is 36.4 Å². The Bertz CT molecular complexity index is 848. The highest BCUT2D eigenvalue weighted by atomic mass is 19.1. The third-order valence-corrected chi connectivity index (χ3v) is 3.39. The van der Waals surface area contributed by atoms with Crippen LogP contribution in [0.1, 0.15) is 0 Å². The maximum Gasteiger partial charge on any atom is 0.165 e. The van der Waals surface area contributed by atoms with Gasteiger partial charge in [0.05, 0.1) is 20.4 Å². The van der Waals surface area contributed by atoms with Gasteiger partial charge >= 0.3 is 0 Å². The third-order valence-electron chi connectivity index (χ3n) is 3.39. The Morgan fingerprint density at radius 2 is 1.78 bits per heavy atom. The second kappa shape index (κ2) is 5.96. The Hall–Kier alpha value is -3.09. The molecular weight excluding hydrogens is 299 g/mol. The zero-order chi connectivity index (χ0) is 16.4. The molecule has 0 radical (unpaired) electrons. The van der Waals surface area contributed by atoms with Crippen LogP contribution in [0.15, 0.2) is 42.6 Å². The molecule has 0 fully saturated rings. The van der Waals surface area contributed by atoms with Crippen molar-refractivity contribution in [2.24, 2.45) is 0 Å². The number of rotatable bonds is 4. The SMILES string of the molecule is COc1ccc(-c2cn(-c3cc(N)ccc3OC)nn2)cc1F. The highest BCUT2D eigenvalue weighted by molar-refractivity contribution is 5.61. The second-order valence-electron chi connectivity index (χ2n) is 4.83. The van der Waals surface area contributed by atoms with Gasteiger partial charge in [-0.25, -0.2) is 9.07 Å². The Balaban J connectivity index is 2.01. The molecule has 1 aromatic heterocycles. The van der Waals surface area contributed by atoms with Gasteiger partial charge in [-0.3, -0.25) is 0 Å². The predicted octanol–water partition coefficient (Wildman–Crippen LogP) is 2.67. The summed E-state index contributed by atoms with van der Waals surface area (Å²) in [4.78, 5) is 0. The lowest BCUT2D eigenvalue weighted by Gasteiger charge is -2.08. The number of methoxy groups -OCH3 is 2. The average Bonchev–Trinajstić information content (AvgIpc) is 3.04. The van der Waals surface area contributed by atoms with Crippen molar-refractivity contribution in [3.8, 4) is 28.4 Å². The van der Waals surface area contributed by atoms with Gasteiger partial charge < -0.3 is 15.2 Å². The highest BCUT2D eigenvalue weighted by Crippen LogP contribution is 2.27. The fourth-order valence-electron chi connectivity index (χ4n) is 2.23. The van der Waals surface area contributed by atoms with Crippen LogP contribution in [-0.2, 0) is 0 Å². The van der Waals surface area contributed by atoms with Crippen LogP contribution in [0.3, 0.4) is 0 Å².